The Morgan fingerprint density at radius 1 is 1.10 bits per heavy atom. The third-order valence-electron chi connectivity index (χ3n) is 6.85. The second-order valence-corrected chi connectivity index (χ2v) is 11.9. The summed E-state index contributed by atoms with van der Waals surface area (Å²) in [5.74, 6) is 0.432. The quantitative estimate of drug-likeness (QED) is 0.133. The Morgan fingerprint density at radius 2 is 1.76 bits per heavy atom. The minimum absolute atomic E-state index is 0.0593. The van der Waals surface area contributed by atoms with Crippen LogP contribution in [0.3, 0.4) is 0 Å². The van der Waals surface area contributed by atoms with Crippen LogP contribution in [0.4, 0.5) is 9.59 Å². The van der Waals surface area contributed by atoms with Crippen LogP contribution in [0.1, 0.15) is 39.2 Å². The van der Waals surface area contributed by atoms with Gasteiger partial charge in [0.05, 0.1) is 42.4 Å². The van der Waals surface area contributed by atoms with Crippen molar-refractivity contribution in [1.29, 1.82) is 0 Å². The van der Waals surface area contributed by atoms with Crippen molar-refractivity contribution >= 4 is 35.4 Å². The zero-order chi connectivity index (χ0) is 30.7. The summed E-state index contributed by atoms with van der Waals surface area (Å²) >= 11 is 13.5. The van der Waals surface area contributed by atoms with Gasteiger partial charge in [-0.05, 0) is 44.0 Å². The van der Waals surface area contributed by atoms with Crippen LogP contribution in [0, 0.1) is 5.92 Å². The molecule has 2 amide bonds. The monoisotopic (exact) mass is 627 g/mol. The van der Waals surface area contributed by atoms with E-state index >= 15 is 0 Å². The van der Waals surface area contributed by atoms with Crippen molar-refractivity contribution in [1.82, 2.24) is 16.0 Å². The van der Waals surface area contributed by atoms with Gasteiger partial charge in [0.1, 0.15) is 18.1 Å². The van der Waals surface area contributed by atoms with Gasteiger partial charge in [-0.2, -0.15) is 0 Å². The standard InChI is InChI=1S/C30H43Cl2N3O7/c1-19(2)35-26(12-15-38-24-9-7-20(16-23(24)31)10-13-39-28(36)33-4)42-27(25-18-41-25)22-8-6-21(17-30(22,3)32)11-14-40-29(37)34-5/h6-9,16-17,19,22,25-27,35H,10-15,18H2,1-5H3,(H,33,36)(H,34,37). The molecule has 3 N–H and O–H groups in total. The van der Waals surface area contributed by atoms with Gasteiger partial charge in [0.25, 0.3) is 0 Å². The molecule has 10 nitrogen and oxygen atoms in total. The highest BCUT2D eigenvalue weighted by Gasteiger charge is 2.46. The Hall–Kier alpha value is -2.50. The summed E-state index contributed by atoms with van der Waals surface area (Å²) in [6.45, 7) is 7.58. The molecular formula is C30H43Cl2N3O7. The van der Waals surface area contributed by atoms with Gasteiger partial charge in [-0.3, -0.25) is 5.32 Å². The molecule has 2 aliphatic rings. The molecule has 0 radical (unpaired) electrons. The normalized spacial score (nSPS) is 22.6. The number of benzene rings is 1. The third-order valence-corrected chi connectivity index (χ3v) is 7.50. The van der Waals surface area contributed by atoms with Crippen LogP contribution < -0.4 is 20.7 Å². The van der Waals surface area contributed by atoms with Crippen molar-refractivity contribution in [3.63, 3.8) is 0 Å². The van der Waals surface area contributed by atoms with Gasteiger partial charge in [-0.25, -0.2) is 9.59 Å². The summed E-state index contributed by atoms with van der Waals surface area (Å²) in [4.78, 5) is 21.9. The van der Waals surface area contributed by atoms with E-state index in [1.807, 2.05) is 37.3 Å². The van der Waals surface area contributed by atoms with E-state index in [9.17, 15) is 9.59 Å². The number of amides is 2. The fourth-order valence-electron chi connectivity index (χ4n) is 4.67. The number of allylic oxidation sites excluding steroid dienone is 2. The number of nitrogens with one attached hydrogen (secondary N) is 3. The minimum Gasteiger partial charge on any atom is -0.492 e. The van der Waals surface area contributed by atoms with E-state index in [4.69, 9.17) is 46.9 Å². The predicted molar refractivity (Wildman–Crippen MR) is 162 cm³/mol. The lowest BCUT2D eigenvalue weighted by molar-refractivity contribution is -0.0747. The van der Waals surface area contributed by atoms with Crippen LogP contribution >= 0.6 is 23.2 Å². The fraction of sp³-hybridized carbons (Fsp3) is 0.600. The zero-order valence-corrected chi connectivity index (χ0v) is 26.4. The van der Waals surface area contributed by atoms with Gasteiger partial charge in [0.15, 0.2) is 0 Å². The Bertz CT molecular complexity index is 1110. The summed E-state index contributed by atoms with van der Waals surface area (Å²) in [6, 6.07) is 5.71. The van der Waals surface area contributed by atoms with Crippen molar-refractivity contribution in [2.75, 3.05) is 40.5 Å². The van der Waals surface area contributed by atoms with E-state index in [2.05, 4.69) is 35.9 Å². The molecule has 1 aromatic rings. The van der Waals surface area contributed by atoms with Crippen LogP contribution in [-0.2, 0) is 25.4 Å². The molecule has 1 aromatic carbocycles. The van der Waals surface area contributed by atoms with E-state index < -0.39 is 17.1 Å². The molecule has 5 atom stereocenters. The molecule has 1 aliphatic heterocycles. The molecule has 0 aromatic heterocycles. The average molecular weight is 629 g/mol. The second-order valence-electron chi connectivity index (χ2n) is 10.7. The largest absolute Gasteiger partial charge is 0.492 e. The van der Waals surface area contributed by atoms with Gasteiger partial charge in [-0.1, -0.05) is 35.9 Å². The highest BCUT2D eigenvalue weighted by molar-refractivity contribution is 6.32. The summed E-state index contributed by atoms with van der Waals surface area (Å²) in [6.07, 6.45) is 6.18. The van der Waals surface area contributed by atoms with Gasteiger partial charge < -0.3 is 34.3 Å². The Morgan fingerprint density at radius 3 is 2.33 bits per heavy atom. The average Bonchev–Trinajstić information content (AvgIpc) is 3.77. The third kappa shape index (κ3) is 11.0. The minimum atomic E-state index is -0.715. The lowest BCUT2D eigenvalue weighted by Crippen LogP contribution is -2.47. The van der Waals surface area contributed by atoms with Crippen LogP contribution in [0.2, 0.25) is 5.02 Å². The van der Waals surface area contributed by atoms with E-state index in [-0.39, 0.29) is 43.6 Å². The number of alkyl carbamates (subject to hydrolysis) is 2. The van der Waals surface area contributed by atoms with Crippen molar-refractivity contribution < 1.29 is 33.3 Å². The van der Waals surface area contributed by atoms with Crippen molar-refractivity contribution in [3.8, 4) is 5.75 Å². The van der Waals surface area contributed by atoms with Crippen molar-refractivity contribution in [3.05, 3.63) is 52.6 Å². The number of ether oxygens (including phenoxy) is 5. The van der Waals surface area contributed by atoms with Crippen LogP contribution in [0.25, 0.3) is 0 Å². The molecule has 1 aliphatic carbocycles. The number of hydrogen-bond donors (Lipinski definition) is 3. The molecular weight excluding hydrogens is 585 g/mol. The summed E-state index contributed by atoms with van der Waals surface area (Å²) in [5, 5.41) is 8.83. The maximum Gasteiger partial charge on any atom is 0.406 e. The Balaban J connectivity index is 1.58. The second kappa shape index (κ2) is 16.4. The number of rotatable bonds is 16. The molecule has 0 bridgehead atoms. The number of carbonyl (C=O) groups is 2. The number of epoxide rings is 1. The van der Waals surface area contributed by atoms with E-state index in [0.29, 0.717) is 43.2 Å². The zero-order valence-electron chi connectivity index (χ0n) is 24.9. The molecule has 42 heavy (non-hydrogen) atoms. The van der Waals surface area contributed by atoms with Crippen LogP contribution in [0.5, 0.6) is 5.75 Å². The lowest BCUT2D eigenvalue weighted by Gasteiger charge is -2.38. The molecule has 1 fully saturated rings. The number of hydrogen-bond acceptors (Lipinski definition) is 8. The Labute approximate surface area is 258 Å². The summed E-state index contributed by atoms with van der Waals surface area (Å²) in [7, 11) is 3.04. The number of alkyl halides is 1. The first-order valence-electron chi connectivity index (χ1n) is 14.2. The van der Waals surface area contributed by atoms with Gasteiger partial charge in [-0.15, -0.1) is 11.6 Å². The SMILES string of the molecule is CNC(=O)OCCC1=CC(C)(Cl)C(C(OC(CCOc2ccc(CCOC(=O)NC)cc2Cl)NC(C)C)C2CO2)C=C1. The number of carbonyl (C=O) groups excluding carboxylic acids is 2. The molecule has 0 spiro atoms. The predicted octanol–water partition coefficient (Wildman–Crippen LogP) is 4.97. The highest BCUT2D eigenvalue weighted by Crippen LogP contribution is 2.41. The molecule has 234 valence electrons. The van der Waals surface area contributed by atoms with Gasteiger partial charge in [0, 0.05) is 45.3 Å². The molecule has 1 heterocycles. The smallest absolute Gasteiger partial charge is 0.406 e. The van der Waals surface area contributed by atoms with Gasteiger partial charge >= 0.3 is 12.2 Å². The van der Waals surface area contributed by atoms with E-state index in [1.54, 1.807) is 0 Å². The molecule has 0 saturated carbocycles. The lowest BCUT2D eigenvalue weighted by atomic mass is 9.81. The van der Waals surface area contributed by atoms with Crippen LogP contribution in [0.15, 0.2) is 42.0 Å². The van der Waals surface area contributed by atoms with Crippen LogP contribution in [-0.4, -0.2) is 82.1 Å². The first-order chi connectivity index (χ1) is 20.0. The first-order valence-corrected chi connectivity index (χ1v) is 15.0. The Kier molecular flexibility index (Phi) is 13.3. The topological polar surface area (TPSA) is 120 Å². The molecule has 3 rings (SSSR count). The summed E-state index contributed by atoms with van der Waals surface area (Å²) < 4.78 is 28.5. The van der Waals surface area contributed by atoms with Crippen molar-refractivity contribution in [2.24, 2.45) is 5.92 Å². The molecule has 1 saturated heterocycles. The number of halogens is 2. The van der Waals surface area contributed by atoms with Crippen molar-refractivity contribution in [2.45, 2.75) is 69.4 Å². The molecule has 12 heteroatoms. The van der Waals surface area contributed by atoms with Gasteiger partial charge in [0.2, 0.25) is 0 Å². The molecule has 5 unspecified atom stereocenters. The van der Waals surface area contributed by atoms with E-state index in [0.717, 1.165) is 11.1 Å². The van der Waals surface area contributed by atoms with E-state index in [1.165, 1.54) is 14.1 Å². The maximum atomic E-state index is 11.4. The fourth-order valence-corrected chi connectivity index (χ4v) is 5.26. The first kappa shape index (κ1) is 34.0. The summed E-state index contributed by atoms with van der Waals surface area (Å²) in [5.41, 5.74) is 1.93. The maximum absolute atomic E-state index is 11.4. The highest BCUT2D eigenvalue weighted by atomic mass is 35.5.